The summed E-state index contributed by atoms with van der Waals surface area (Å²) in [7, 11) is 0. The molecule has 2 nitrogen and oxygen atoms in total. The van der Waals surface area contributed by atoms with Crippen LogP contribution in [0.4, 0.5) is 0 Å². The number of phenolic OH excluding ortho intramolecular Hbond substituents is 1. The fourth-order valence-electron chi connectivity index (χ4n) is 1.99. The van der Waals surface area contributed by atoms with Crippen LogP contribution in [0.25, 0.3) is 6.08 Å². The monoisotopic (exact) mass is 218 g/mol. The second kappa shape index (κ2) is 3.36. The van der Waals surface area contributed by atoms with Crippen LogP contribution in [0, 0.1) is 5.41 Å². The highest BCUT2D eigenvalue weighted by molar-refractivity contribution is 5.60. The van der Waals surface area contributed by atoms with Crippen molar-refractivity contribution in [3.8, 4) is 5.75 Å². The second-order valence-electron chi connectivity index (χ2n) is 5.57. The quantitative estimate of drug-likeness (QED) is 0.703. The molecular weight excluding hydrogens is 200 g/mol. The van der Waals surface area contributed by atoms with Crippen LogP contribution in [0.2, 0.25) is 0 Å². The molecule has 16 heavy (non-hydrogen) atoms. The number of fused-ring (bicyclic) bond motifs is 1. The predicted molar refractivity (Wildman–Crippen MR) is 65.2 cm³/mol. The smallest absolute Gasteiger partial charge is 0.116 e. The van der Waals surface area contributed by atoms with Gasteiger partial charge in [0.1, 0.15) is 5.75 Å². The number of aliphatic hydroxyl groups is 1. The van der Waals surface area contributed by atoms with Gasteiger partial charge in [-0.3, -0.25) is 0 Å². The summed E-state index contributed by atoms with van der Waals surface area (Å²) in [6.07, 6.45) is 4.33. The number of hydrogen-bond donors (Lipinski definition) is 2. The van der Waals surface area contributed by atoms with Crippen molar-refractivity contribution >= 4 is 6.08 Å². The predicted octanol–water partition coefficient (Wildman–Crippen LogP) is 2.74. The Balaban J connectivity index is 2.43. The molecule has 1 atom stereocenters. The van der Waals surface area contributed by atoms with Crippen molar-refractivity contribution in [2.75, 3.05) is 0 Å². The topological polar surface area (TPSA) is 40.5 Å². The molecule has 0 heterocycles. The molecular formula is C14H18O2. The van der Waals surface area contributed by atoms with Crippen LogP contribution < -0.4 is 0 Å². The SMILES string of the molecule is CC(C)(C)C1(O)C=Cc2cc(O)ccc2C1. The molecule has 0 fully saturated rings. The van der Waals surface area contributed by atoms with E-state index in [2.05, 4.69) is 0 Å². The second-order valence-corrected chi connectivity index (χ2v) is 5.57. The molecule has 0 radical (unpaired) electrons. The summed E-state index contributed by atoms with van der Waals surface area (Å²) in [6.45, 7) is 6.09. The lowest BCUT2D eigenvalue weighted by Crippen LogP contribution is -2.44. The van der Waals surface area contributed by atoms with Gasteiger partial charge in [0, 0.05) is 6.42 Å². The van der Waals surface area contributed by atoms with Crippen molar-refractivity contribution in [1.82, 2.24) is 0 Å². The minimum Gasteiger partial charge on any atom is -0.508 e. The van der Waals surface area contributed by atoms with Gasteiger partial charge in [-0.25, -0.2) is 0 Å². The Labute approximate surface area is 96.2 Å². The lowest BCUT2D eigenvalue weighted by molar-refractivity contribution is -0.0135. The lowest BCUT2D eigenvalue weighted by atomic mass is 9.70. The Hall–Kier alpha value is -1.28. The molecule has 2 N–H and O–H groups in total. The minimum atomic E-state index is -0.809. The van der Waals surface area contributed by atoms with Crippen LogP contribution in [0.1, 0.15) is 31.9 Å². The molecule has 0 saturated heterocycles. The summed E-state index contributed by atoms with van der Waals surface area (Å²) in [5.74, 6) is 0.268. The van der Waals surface area contributed by atoms with Gasteiger partial charge in [-0.15, -0.1) is 0 Å². The number of aromatic hydroxyl groups is 1. The highest BCUT2D eigenvalue weighted by Crippen LogP contribution is 2.39. The summed E-state index contributed by atoms with van der Waals surface area (Å²) < 4.78 is 0. The molecule has 1 aliphatic carbocycles. The maximum atomic E-state index is 10.6. The molecule has 1 aromatic rings. The van der Waals surface area contributed by atoms with Crippen molar-refractivity contribution in [2.24, 2.45) is 5.41 Å². The fraction of sp³-hybridized carbons (Fsp3) is 0.429. The van der Waals surface area contributed by atoms with E-state index in [0.29, 0.717) is 6.42 Å². The summed E-state index contributed by atoms with van der Waals surface area (Å²) in [5.41, 5.74) is 1.07. The zero-order valence-corrected chi connectivity index (χ0v) is 9.99. The minimum absolute atomic E-state index is 0.195. The third-order valence-electron chi connectivity index (χ3n) is 3.43. The standard InChI is InChI=1S/C14H18O2/c1-13(2,3)14(16)7-6-10-8-12(15)5-4-11(10)9-14/h4-8,15-16H,9H2,1-3H3. The van der Waals surface area contributed by atoms with E-state index < -0.39 is 5.60 Å². The van der Waals surface area contributed by atoms with Gasteiger partial charge in [0.25, 0.3) is 0 Å². The van der Waals surface area contributed by atoms with Crippen molar-refractivity contribution in [3.05, 3.63) is 35.4 Å². The van der Waals surface area contributed by atoms with Crippen LogP contribution in [0.5, 0.6) is 5.75 Å². The maximum Gasteiger partial charge on any atom is 0.116 e. The first-order valence-corrected chi connectivity index (χ1v) is 5.55. The van der Waals surface area contributed by atoms with Crippen LogP contribution in [-0.4, -0.2) is 15.8 Å². The molecule has 0 aromatic heterocycles. The summed E-state index contributed by atoms with van der Waals surface area (Å²) >= 11 is 0. The van der Waals surface area contributed by atoms with E-state index in [1.807, 2.05) is 39.0 Å². The first-order chi connectivity index (χ1) is 7.32. The molecule has 2 heteroatoms. The van der Waals surface area contributed by atoms with Gasteiger partial charge in [0.2, 0.25) is 0 Å². The highest BCUT2D eigenvalue weighted by Gasteiger charge is 2.39. The lowest BCUT2D eigenvalue weighted by Gasteiger charge is -2.40. The third-order valence-corrected chi connectivity index (χ3v) is 3.43. The molecule has 86 valence electrons. The molecule has 1 aromatic carbocycles. The molecule has 0 saturated carbocycles. The van der Waals surface area contributed by atoms with E-state index in [-0.39, 0.29) is 11.2 Å². The van der Waals surface area contributed by atoms with E-state index in [4.69, 9.17) is 0 Å². The molecule has 1 unspecified atom stereocenters. The van der Waals surface area contributed by atoms with Crippen molar-refractivity contribution in [3.63, 3.8) is 0 Å². The number of rotatable bonds is 0. The summed E-state index contributed by atoms with van der Waals surface area (Å²) in [4.78, 5) is 0. The molecule has 0 amide bonds. The van der Waals surface area contributed by atoms with Crippen molar-refractivity contribution < 1.29 is 10.2 Å². The van der Waals surface area contributed by atoms with Crippen LogP contribution >= 0.6 is 0 Å². The zero-order valence-electron chi connectivity index (χ0n) is 9.99. The molecule has 1 aliphatic rings. The molecule has 2 rings (SSSR count). The Morgan fingerprint density at radius 3 is 2.56 bits per heavy atom. The fourth-order valence-corrected chi connectivity index (χ4v) is 1.99. The highest BCUT2D eigenvalue weighted by atomic mass is 16.3. The van der Waals surface area contributed by atoms with E-state index in [1.54, 1.807) is 12.1 Å². The summed E-state index contributed by atoms with van der Waals surface area (Å²) in [5, 5.41) is 20.0. The van der Waals surface area contributed by atoms with E-state index in [9.17, 15) is 10.2 Å². The number of hydrogen-bond acceptors (Lipinski definition) is 2. The van der Waals surface area contributed by atoms with Crippen LogP contribution in [0.3, 0.4) is 0 Å². The van der Waals surface area contributed by atoms with Crippen molar-refractivity contribution in [2.45, 2.75) is 32.8 Å². The molecule has 0 spiro atoms. The van der Waals surface area contributed by atoms with Gasteiger partial charge in [0.05, 0.1) is 5.60 Å². The van der Waals surface area contributed by atoms with Gasteiger partial charge >= 0.3 is 0 Å². The maximum absolute atomic E-state index is 10.6. The third kappa shape index (κ3) is 1.74. The van der Waals surface area contributed by atoms with Crippen LogP contribution in [-0.2, 0) is 6.42 Å². The normalized spacial score (nSPS) is 24.2. The van der Waals surface area contributed by atoms with Gasteiger partial charge in [-0.05, 0) is 28.7 Å². The van der Waals surface area contributed by atoms with E-state index >= 15 is 0 Å². The first kappa shape index (κ1) is 11.2. The molecule has 0 aliphatic heterocycles. The average molecular weight is 218 g/mol. The largest absolute Gasteiger partial charge is 0.508 e. The number of benzene rings is 1. The van der Waals surface area contributed by atoms with E-state index in [0.717, 1.165) is 11.1 Å². The summed E-state index contributed by atoms with van der Waals surface area (Å²) in [6, 6.07) is 5.28. The number of phenols is 1. The first-order valence-electron chi connectivity index (χ1n) is 5.55. The molecule has 0 bridgehead atoms. The zero-order chi connectivity index (χ0) is 12.0. The van der Waals surface area contributed by atoms with Crippen LogP contribution in [0.15, 0.2) is 24.3 Å². The van der Waals surface area contributed by atoms with E-state index in [1.165, 1.54) is 0 Å². The average Bonchev–Trinajstić information content (AvgIpc) is 2.17. The van der Waals surface area contributed by atoms with Gasteiger partial charge in [-0.2, -0.15) is 0 Å². The van der Waals surface area contributed by atoms with Gasteiger partial charge in [-0.1, -0.05) is 39.0 Å². The Bertz CT molecular complexity index is 441. The van der Waals surface area contributed by atoms with Gasteiger partial charge in [0.15, 0.2) is 0 Å². The Morgan fingerprint density at radius 2 is 1.94 bits per heavy atom. The Morgan fingerprint density at radius 1 is 1.25 bits per heavy atom. The van der Waals surface area contributed by atoms with Crippen molar-refractivity contribution in [1.29, 1.82) is 0 Å². The Kier molecular flexibility index (Phi) is 2.35. The van der Waals surface area contributed by atoms with Gasteiger partial charge < -0.3 is 10.2 Å².